The van der Waals surface area contributed by atoms with Crippen molar-refractivity contribution in [1.29, 1.82) is 0 Å². The zero-order chi connectivity index (χ0) is 22.9. The lowest BCUT2D eigenvalue weighted by Crippen LogP contribution is -2.24. The molecule has 1 aliphatic heterocycles. The van der Waals surface area contributed by atoms with E-state index >= 15 is 0 Å². The number of rotatable bonds is 8. The molecule has 5 rings (SSSR count). The largest absolute Gasteiger partial charge is 0.443 e. The molecule has 0 bridgehead atoms. The maximum Gasteiger partial charge on any atom is 0.247 e. The van der Waals surface area contributed by atoms with Crippen LogP contribution in [-0.4, -0.2) is 57.9 Å². The van der Waals surface area contributed by atoms with Crippen LogP contribution < -0.4 is 0 Å². The lowest BCUT2D eigenvalue weighted by molar-refractivity contribution is -0.0497. The minimum Gasteiger partial charge on any atom is -0.443 e. The third-order valence-electron chi connectivity index (χ3n) is 5.53. The van der Waals surface area contributed by atoms with Crippen LogP contribution in [0.3, 0.4) is 0 Å². The summed E-state index contributed by atoms with van der Waals surface area (Å²) in [6.45, 7) is 1.15. The van der Waals surface area contributed by atoms with E-state index < -0.39 is 0 Å². The molecule has 9 nitrogen and oxygen atoms in total. The first kappa shape index (κ1) is 21.8. The maximum atomic E-state index is 6.31. The molecule has 10 heteroatoms. The van der Waals surface area contributed by atoms with E-state index in [4.69, 9.17) is 30.2 Å². The van der Waals surface area contributed by atoms with E-state index in [1.165, 1.54) is 0 Å². The van der Waals surface area contributed by atoms with Gasteiger partial charge in [0.2, 0.25) is 5.89 Å². The molecule has 4 heterocycles. The zero-order valence-electron chi connectivity index (χ0n) is 18.6. The highest BCUT2D eigenvalue weighted by Crippen LogP contribution is 2.38. The number of hydrogen-bond donors (Lipinski definition) is 0. The van der Waals surface area contributed by atoms with Crippen molar-refractivity contribution in [2.24, 2.45) is 7.05 Å². The van der Waals surface area contributed by atoms with Crippen molar-refractivity contribution in [2.75, 3.05) is 27.4 Å². The van der Waals surface area contributed by atoms with Crippen LogP contribution in [0.5, 0.6) is 0 Å². The maximum absolute atomic E-state index is 6.31. The summed E-state index contributed by atoms with van der Waals surface area (Å²) in [5.74, 6) is 0.445. The Kier molecular flexibility index (Phi) is 6.03. The third kappa shape index (κ3) is 4.20. The molecule has 0 unspecified atom stereocenters. The van der Waals surface area contributed by atoms with Crippen molar-refractivity contribution >= 4 is 11.6 Å². The van der Waals surface area contributed by atoms with Gasteiger partial charge in [0.05, 0.1) is 36.9 Å². The van der Waals surface area contributed by atoms with Gasteiger partial charge in [0, 0.05) is 50.0 Å². The molecule has 0 atom stereocenters. The van der Waals surface area contributed by atoms with Crippen LogP contribution in [0, 0.1) is 0 Å². The number of methoxy groups -OCH3 is 2. The van der Waals surface area contributed by atoms with Gasteiger partial charge in [-0.1, -0.05) is 11.6 Å². The predicted molar refractivity (Wildman–Crippen MR) is 121 cm³/mol. The fourth-order valence-electron chi connectivity index (χ4n) is 4.11. The van der Waals surface area contributed by atoms with E-state index in [0.29, 0.717) is 41.9 Å². The summed E-state index contributed by atoms with van der Waals surface area (Å²) in [6, 6.07) is 5.79. The molecule has 4 aromatic rings. The molecule has 0 aliphatic carbocycles. The number of aryl methyl sites for hydroxylation is 1. The van der Waals surface area contributed by atoms with Gasteiger partial charge in [-0.25, -0.2) is 9.97 Å². The van der Waals surface area contributed by atoms with E-state index in [2.05, 4.69) is 19.6 Å². The molecule has 0 amide bonds. The second kappa shape index (κ2) is 9.11. The first-order valence-corrected chi connectivity index (χ1v) is 10.9. The standard InChI is InChI=1S/C23H24ClN5O4/c1-28-8-14-6-20-22(23-26-16(10-33-23)9-32-17(11-30-2)12-31-3)25-13-29(20)19-5-4-15(24)7-18(19)21(14)27-28/h4-5,7-8,10,13,17H,6,9,11-12H2,1-3H3. The van der Waals surface area contributed by atoms with Gasteiger partial charge in [-0.15, -0.1) is 0 Å². The summed E-state index contributed by atoms with van der Waals surface area (Å²) >= 11 is 6.31. The first-order chi connectivity index (χ1) is 16.1. The molecule has 1 aromatic carbocycles. The Morgan fingerprint density at radius 2 is 2.00 bits per heavy atom. The fraction of sp³-hybridized carbons (Fsp3) is 0.348. The Bertz CT molecular complexity index is 1270. The molecule has 3 aromatic heterocycles. The van der Waals surface area contributed by atoms with Crippen molar-refractivity contribution in [3.05, 3.63) is 59.0 Å². The van der Waals surface area contributed by atoms with Gasteiger partial charge in [-0.05, 0) is 18.2 Å². The van der Waals surface area contributed by atoms with Gasteiger partial charge >= 0.3 is 0 Å². The summed E-state index contributed by atoms with van der Waals surface area (Å²) in [7, 11) is 5.17. The fourth-order valence-corrected chi connectivity index (χ4v) is 4.28. The third-order valence-corrected chi connectivity index (χ3v) is 5.76. The van der Waals surface area contributed by atoms with Crippen molar-refractivity contribution in [1.82, 2.24) is 24.3 Å². The number of nitrogens with zero attached hydrogens (tertiary/aromatic N) is 5. The van der Waals surface area contributed by atoms with E-state index in [-0.39, 0.29) is 12.7 Å². The number of hydrogen-bond acceptors (Lipinski definition) is 7. The Balaban J connectivity index is 1.48. The molecule has 0 saturated heterocycles. The van der Waals surface area contributed by atoms with Crippen LogP contribution >= 0.6 is 11.6 Å². The van der Waals surface area contributed by atoms with Gasteiger partial charge in [0.15, 0.2) is 0 Å². The minimum absolute atomic E-state index is 0.184. The van der Waals surface area contributed by atoms with Crippen LogP contribution in [0.2, 0.25) is 5.02 Å². The van der Waals surface area contributed by atoms with Crippen molar-refractivity contribution in [3.63, 3.8) is 0 Å². The van der Waals surface area contributed by atoms with Crippen LogP contribution in [0.15, 0.2) is 41.4 Å². The van der Waals surface area contributed by atoms with Crippen molar-refractivity contribution < 1.29 is 18.6 Å². The lowest BCUT2D eigenvalue weighted by atomic mass is 10.0. The highest BCUT2D eigenvalue weighted by molar-refractivity contribution is 6.31. The molecule has 0 saturated carbocycles. The van der Waals surface area contributed by atoms with E-state index in [1.54, 1.807) is 26.8 Å². The lowest BCUT2D eigenvalue weighted by Gasteiger charge is -2.14. The molecule has 0 radical (unpaired) electrons. The molecule has 0 spiro atoms. The Labute approximate surface area is 195 Å². The quantitative estimate of drug-likeness (QED) is 0.342. The van der Waals surface area contributed by atoms with Gasteiger partial charge in [0.1, 0.15) is 30.1 Å². The van der Waals surface area contributed by atoms with E-state index in [9.17, 15) is 0 Å². The Hall–Kier alpha value is -2.98. The van der Waals surface area contributed by atoms with Crippen LogP contribution in [0.4, 0.5) is 0 Å². The highest BCUT2D eigenvalue weighted by Gasteiger charge is 2.27. The molecule has 172 valence electrons. The van der Waals surface area contributed by atoms with Gasteiger partial charge in [-0.2, -0.15) is 5.10 Å². The monoisotopic (exact) mass is 469 g/mol. The van der Waals surface area contributed by atoms with Crippen molar-refractivity contribution in [2.45, 2.75) is 19.1 Å². The Morgan fingerprint density at radius 3 is 2.79 bits per heavy atom. The van der Waals surface area contributed by atoms with Crippen molar-refractivity contribution in [3.8, 4) is 28.5 Å². The molecule has 0 fully saturated rings. The second-order valence-corrected chi connectivity index (χ2v) is 8.35. The number of halogens is 1. The normalized spacial score (nSPS) is 12.5. The number of ether oxygens (including phenoxy) is 3. The van der Waals surface area contributed by atoms with Crippen LogP contribution in [0.25, 0.3) is 28.5 Å². The smallest absolute Gasteiger partial charge is 0.247 e. The number of fused-ring (bicyclic) bond motifs is 5. The molecular formula is C23H24ClN5O4. The zero-order valence-corrected chi connectivity index (χ0v) is 19.4. The number of imidazole rings is 1. The summed E-state index contributed by atoms with van der Waals surface area (Å²) < 4.78 is 25.9. The number of benzene rings is 1. The van der Waals surface area contributed by atoms with Gasteiger partial charge in [-0.3, -0.25) is 4.68 Å². The summed E-state index contributed by atoms with van der Waals surface area (Å²) in [5, 5.41) is 5.34. The SMILES string of the molecule is COCC(COC)OCc1coc(-c2ncn3c2Cc2cn(C)nc2-c2cc(Cl)ccc2-3)n1. The number of aromatic nitrogens is 5. The topological polar surface area (TPSA) is 89.4 Å². The first-order valence-electron chi connectivity index (χ1n) is 10.5. The van der Waals surface area contributed by atoms with Gasteiger partial charge in [0.25, 0.3) is 0 Å². The van der Waals surface area contributed by atoms with E-state index in [0.717, 1.165) is 28.2 Å². The molecular weight excluding hydrogens is 446 g/mol. The minimum atomic E-state index is -0.184. The summed E-state index contributed by atoms with van der Waals surface area (Å²) in [5.41, 5.74) is 6.24. The Morgan fingerprint density at radius 1 is 1.18 bits per heavy atom. The van der Waals surface area contributed by atoms with Crippen LogP contribution in [0.1, 0.15) is 17.0 Å². The number of oxazole rings is 1. The molecule has 1 aliphatic rings. The molecule has 0 N–H and O–H groups in total. The summed E-state index contributed by atoms with van der Waals surface area (Å²) in [6.07, 6.45) is 5.85. The molecule has 33 heavy (non-hydrogen) atoms. The average molecular weight is 470 g/mol. The summed E-state index contributed by atoms with van der Waals surface area (Å²) in [4.78, 5) is 9.27. The average Bonchev–Trinajstić information content (AvgIpc) is 3.50. The highest BCUT2D eigenvalue weighted by atomic mass is 35.5. The van der Waals surface area contributed by atoms with Crippen LogP contribution in [-0.2, 0) is 34.3 Å². The van der Waals surface area contributed by atoms with Gasteiger partial charge < -0.3 is 23.2 Å². The second-order valence-electron chi connectivity index (χ2n) is 7.91. The predicted octanol–water partition coefficient (Wildman–Crippen LogP) is 3.66. The van der Waals surface area contributed by atoms with E-state index in [1.807, 2.05) is 36.1 Å².